The number of benzene rings is 3. The van der Waals surface area contributed by atoms with Gasteiger partial charge in [-0.05, 0) is 91.6 Å². The number of rotatable bonds is 21. The van der Waals surface area contributed by atoms with E-state index in [-0.39, 0.29) is 0 Å². The molecular weight excluding hydrogens is 552 g/mol. The average molecular weight is 607 g/mol. The van der Waals surface area contributed by atoms with Gasteiger partial charge in [0.15, 0.2) is 0 Å². The first kappa shape index (κ1) is 34.0. The molecule has 0 saturated carbocycles. The summed E-state index contributed by atoms with van der Waals surface area (Å²) >= 11 is 0. The van der Waals surface area contributed by atoms with Gasteiger partial charge in [0.1, 0.15) is 0 Å². The van der Waals surface area contributed by atoms with Crippen LogP contribution in [0.15, 0.2) is 72.8 Å². The largest absolute Gasteiger partial charge is 0.324 e. The molecule has 6 heteroatoms. The molecule has 0 atom stereocenters. The van der Waals surface area contributed by atoms with Crippen molar-refractivity contribution < 1.29 is 0 Å². The molecule has 0 radical (unpaired) electrons. The summed E-state index contributed by atoms with van der Waals surface area (Å²) < 4.78 is 0. The van der Waals surface area contributed by atoms with Crippen molar-refractivity contribution in [1.29, 1.82) is 0 Å². The summed E-state index contributed by atoms with van der Waals surface area (Å²) in [7, 11) is 0. The molecule has 0 fully saturated rings. The topological polar surface area (TPSA) is 74.8 Å². The van der Waals surface area contributed by atoms with E-state index in [0.29, 0.717) is 17.8 Å². The number of hydrogen-bond acceptors (Lipinski definition) is 6. The van der Waals surface area contributed by atoms with Crippen molar-refractivity contribution >= 4 is 34.9 Å². The van der Waals surface area contributed by atoms with E-state index in [4.69, 9.17) is 15.0 Å². The third kappa shape index (κ3) is 12.5. The van der Waals surface area contributed by atoms with Crippen LogP contribution in [0.5, 0.6) is 0 Å². The van der Waals surface area contributed by atoms with E-state index in [1.807, 2.05) is 0 Å². The van der Waals surface area contributed by atoms with Gasteiger partial charge in [0, 0.05) is 17.1 Å². The van der Waals surface area contributed by atoms with Crippen LogP contribution in [-0.4, -0.2) is 15.0 Å². The molecule has 0 spiro atoms. The average Bonchev–Trinajstić information content (AvgIpc) is 3.06. The van der Waals surface area contributed by atoms with Gasteiger partial charge in [-0.25, -0.2) is 0 Å². The lowest BCUT2D eigenvalue weighted by Crippen LogP contribution is -2.07. The Morgan fingerprint density at radius 2 is 0.622 bits per heavy atom. The summed E-state index contributed by atoms with van der Waals surface area (Å²) in [6.07, 6.45) is 18.6. The second-order valence-electron chi connectivity index (χ2n) is 12.2. The summed E-state index contributed by atoms with van der Waals surface area (Å²) in [4.78, 5) is 14.2. The summed E-state index contributed by atoms with van der Waals surface area (Å²) in [5.74, 6) is 1.47. The van der Waals surface area contributed by atoms with Crippen LogP contribution < -0.4 is 16.0 Å². The molecule has 0 bridgehead atoms. The monoisotopic (exact) mass is 606 g/mol. The van der Waals surface area contributed by atoms with Crippen LogP contribution in [0.25, 0.3) is 0 Å². The second kappa shape index (κ2) is 19.5. The van der Waals surface area contributed by atoms with Crippen molar-refractivity contribution in [3.8, 4) is 0 Å². The first-order valence-electron chi connectivity index (χ1n) is 17.5. The van der Waals surface area contributed by atoms with Crippen molar-refractivity contribution in [2.45, 2.75) is 117 Å². The highest BCUT2D eigenvalue weighted by Crippen LogP contribution is 2.23. The van der Waals surface area contributed by atoms with Crippen LogP contribution in [0, 0.1) is 0 Å². The molecule has 1 aromatic heterocycles. The van der Waals surface area contributed by atoms with E-state index >= 15 is 0 Å². The maximum Gasteiger partial charge on any atom is 0.233 e. The van der Waals surface area contributed by atoms with Crippen molar-refractivity contribution in [3.63, 3.8) is 0 Å². The number of anilines is 6. The van der Waals surface area contributed by atoms with Gasteiger partial charge in [0.2, 0.25) is 17.8 Å². The molecule has 0 amide bonds. The molecule has 45 heavy (non-hydrogen) atoms. The zero-order valence-corrected chi connectivity index (χ0v) is 27.9. The Bertz CT molecular complexity index is 1180. The normalized spacial score (nSPS) is 11.0. The Morgan fingerprint density at radius 1 is 0.356 bits per heavy atom. The number of aromatic nitrogens is 3. The molecule has 0 aliphatic heterocycles. The summed E-state index contributed by atoms with van der Waals surface area (Å²) in [6, 6.07) is 25.8. The quantitative estimate of drug-likeness (QED) is 0.0819. The molecule has 240 valence electrons. The maximum atomic E-state index is 4.73. The lowest BCUT2D eigenvalue weighted by molar-refractivity contribution is 0.667. The number of nitrogens with zero attached hydrogens (tertiary/aromatic N) is 3. The SMILES string of the molecule is CCCCCCc1ccc(Nc2nc(Nc3ccc(CCCCCC)cc3)nc(Nc3ccc(CCCCCC)cc3)n2)cc1. The predicted octanol–water partition coefficient (Wildman–Crippen LogP) is 11.5. The molecule has 0 aliphatic rings. The van der Waals surface area contributed by atoms with Crippen molar-refractivity contribution in [2.75, 3.05) is 16.0 Å². The fourth-order valence-corrected chi connectivity index (χ4v) is 5.46. The van der Waals surface area contributed by atoms with E-state index in [1.54, 1.807) is 0 Å². The van der Waals surface area contributed by atoms with Crippen LogP contribution in [0.4, 0.5) is 34.9 Å². The number of unbranched alkanes of at least 4 members (excludes halogenated alkanes) is 9. The molecule has 0 aliphatic carbocycles. The second-order valence-corrected chi connectivity index (χ2v) is 12.2. The Morgan fingerprint density at radius 3 is 0.867 bits per heavy atom. The van der Waals surface area contributed by atoms with Gasteiger partial charge in [-0.1, -0.05) is 115 Å². The van der Waals surface area contributed by atoms with Crippen LogP contribution >= 0.6 is 0 Å². The number of aryl methyl sites for hydroxylation is 3. The van der Waals surface area contributed by atoms with Crippen LogP contribution in [0.2, 0.25) is 0 Å². The van der Waals surface area contributed by atoms with Crippen molar-refractivity contribution in [3.05, 3.63) is 89.5 Å². The summed E-state index contributed by atoms with van der Waals surface area (Å²) in [5.41, 5.74) is 6.94. The zero-order valence-electron chi connectivity index (χ0n) is 27.9. The van der Waals surface area contributed by atoms with Crippen LogP contribution in [-0.2, 0) is 19.3 Å². The van der Waals surface area contributed by atoms with E-state index in [0.717, 1.165) is 36.3 Å². The minimum atomic E-state index is 0.491. The minimum absolute atomic E-state index is 0.491. The third-order valence-electron chi connectivity index (χ3n) is 8.22. The lowest BCUT2D eigenvalue weighted by atomic mass is 10.1. The molecule has 1 heterocycles. The first-order chi connectivity index (χ1) is 22.1. The first-order valence-corrected chi connectivity index (χ1v) is 17.5. The molecule has 0 unspecified atom stereocenters. The standard InChI is InChI=1S/C39H54N6/c1-4-7-10-13-16-31-19-25-34(26-20-31)40-37-43-38(41-35-27-21-32(22-28-35)17-14-11-8-5-2)45-39(44-37)42-36-29-23-33(24-30-36)18-15-12-9-6-3/h19-30H,4-18H2,1-3H3,(H3,40,41,42,43,44,45). The Kier molecular flexibility index (Phi) is 14.7. The van der Waals surface area contributed by atoms with Gasteiger partial charge < -0.3 is 16.0 Å². The lowest BCUT2D eigenvalue weighted by Gasteiger charge is -2.12. The van der Waals surface area contributed by atoms with Crippen LogP contribution in [0.1, 0.15) is 115 Å². The number of nitrogens with one attached hydrogen (secondary N) is 3. The summed E-state index contributed by atoms with van der Waals surface area (Å²) in [6.45, 7) is 6.75. The third-order valence-corrected chi connectivity index (χ3v) is 8.22. The molecule has 4 rings (SSSR count). The molecular formula is C39H54N6. The molecule has 6 nitrogen and oxygen atoms in total. The smallest absolute Gasteiger partial charge is 0.233 e. The zero-order chi connectivity index (χ0) is 31.5. The predicted molar refractivity (Wildman–Crippen MR) is 193 cm³/mol. The van der Waals surface area contributed by atoms with Crippen LogP contribution in [0.3, 0.4) is 0 Å². The summed E-state index contributed by atoms with van der Waals surface area (Å²) in [5, 5.41) is 10.2. The van der Waals surface area contributed by atoms with Gasteiger partial charge in [0.25, 0.3) is 0 Å². The number of hydrogen-bond donors (Lipinski definition) is 3. The highest BCUT2D eigenvalue weighted by molar-refractivity contribution is 5.62. The van der Waals surface area contributed by atoms with Crippen molar-refractivity contribution in [2.24, 2.45) is 0 Å². The Balaban J connectivity index is 1.46. The Hall–Kier alpha value is -3.93. The van der Waals surface area contributed by atoms with E-state index < -0.39 is 0 Å². The highest BCUT2D eigenvalue weighted by Gasteiger charge is 2.09. The van der Waals surface area contributed by atoms with E-state index in [1.165, 1.54) is 93.7 Å². The molecule has 0 saturated heterocycles. The Labute approximate surface area is 271 Å². The van der Waals surface area contributed by atoms with Gasteiger partial charge in [-0.2, -0.15) is 15.0 Å². The van der Waals surface area contributed by atoms with Gasteiger partial charge >= 0.3 is 0 Å². The van der Waals surface area contributed by atoms with Crippen molar-refractivity contribution in [1.82, 2.24) is 15.0 Å². The van der Waals surface area contributed by atoms with E-state index in [9.17, 15) is 0 Å². The fourth-order valence-electron chi connectivity index (χ4n) is 5.46. The van der Waals surface area contributed by atoms with Gasteiger partial charge in [-0.15, -0.1) is 0 Å². The molecule has 4 aromatic rings. The highest BCUT2D eigenvalue weighted by atomic mass is 15.3. The van der Waals surface area contributed by atoms with E-state index in [2.05, 4.69) is 110 Å². The maximum absolute atomic E-state index is 4.73. The fraction of sp³-hybridized carbons (Fsp3) is 0.462. The molecule has 3 aromatic carbocycles. The molecule has 3 N–H and O–H groups in total. The van der Waals surface area contributed by atoms with Gasteiger partial charge in [-0.3, -0.25) is 0 Å². The van der Waals surface area contributed by atoms with Gasteiger partial charge in [0.05, 0.1) is 0 Å². The minimum Gasteiger partial charge on any atom is -0.324 e.